The first kappa shape index (κ1) is 12.0. The molecular formula is C12H18BrF. The number of halogens is 2. The molecule has 0 nitrogen and oxygen atoms in total. The van der Waals surface area contributed by atoms with Crippen molar-refractivity contribution in [2.45, 2.75) is 38.9 Å². The molecule has 0 N–H and O–H groups in total. The molecule has 14 heavy (non-hydrogen) atoms. The second kappa shape index (κ2) is 4.61. The SMILES string of the molecule is CC1=C(CC(C)C)C(C)C(Br)C(F)=C1. The molecule has 0 aromatic carbocycles. The molecule has 0 saturated heterocycles. The standard InChI is InChI=1S/C12H18BrF/c1-7(2)5-10-8(3)6-11(14)12(13)9(10)4/h6-7,9,12H,5H2,1-4H3. The zero-order valence-electron chi connectivity index (χ0n) is 9.27. The van der Waals surface area contributed by atoms with E-state index in [0.717, 1.165) is 12.0 Å². The summed E-state index contributed by atoms with van der Waals surface area (Å²) in [4.78, 5) is -0.125. The molecule has 0 aromatic heterocycles. The molecule has 0 radical (unpaired) electrons. The van der Waals surface area contributed by atoms with Crippen molar-refractivity contribution in [3.63, 3.8) is 0 Å². The normalized spacial score (nSPS) is 28.4. The predicted octanol–water partition coefficient (Wildman–Crippen LogP) is 4.62. The second-order valence-electron chi connectivity index (χ2n) is 4.53. The summed E-state index contributed by atoms with van der Waals surface area (Å²) in [5, 5.41) is 0. The molecule has 2 heteroatoms. The Labute approximate surface area is 94.4 Å². The van der Waals surface area contributed by atoms with Crippen molar-refractivity contribution in [1.29, 1.82) is 0 Å². The topological polar surface area (TPSA) is 0 Å². The molecule has 0 fully saturated rings. The van der Waals surface area contributed by atoms with Crippen LogP contribution in [0.15, 0.2) is 23.0 Å². The van der Waals surface area contributed by atoms with Crippen molar-refractivity contribution in [3.8, 4) is 0 Å². The van der Waals surface area contributed by atoms with Gasteiger partial charge in [-0.25, -0.2) is 4.39 Å². The lowest BCUT2D eigenvalue weighted by Gasteiger charge is -2.27. The molecule has 0 spiro atoms. The molecule has 2 unspecified atom stereocenters. The largest absolute Gasteiger partial charge is 0.211 e. The first-order valence-corrected chi connectivity index (χ1v) is 6.05. The maximum atomic E-state index is 13.4. The summed E-state index contributed by atoms with van der Waals surface area (Å²) in [5.41, 5.74) is 2.50. The lowest BCUT2D eigenvalue weighted by Crippen LogP contribution is -2.20. The van der Waals surface area contributed by atoms with Crippen LogP contribution in [-0.4, -0.2) is 4.83 Å². The van der Waals surface area contributed by atoms with Crippen LogP contribution in [0.25, 0.3) is 0 Å². The maximum Gasteiger partial charge on any atom is 0.114 e. The van der Waals surface area contributed by atoms with E-state index in [2.05, 4.69) is 36.7 Å². The molecule has 0 amide bonds. The minimum Gasteiger partial charge on any atom is -0.211 e. The van der Waals surface area contributed by atoms with Crippen molar-refractivity contribution < 1.29 is 4.39 Å². The number of hydrogen-bond acceptors (Lipinski definition) is 0. The van der Waals surface area contributed by atoms with E-state index in [4.69, 9.17) is 0 Å². The number of alkyl halides is 1. The van der Waals surface area contributed by atoms with Crippen LogP contribution in [0.1, 0.15) is 34.1 Å². The number of allylic oxidation sites excluding steroid dienone is 4. The van der Waals surface area contributed by atoms with E-state index in [1.54, 1.807) is 6.08 Å². The zero-order valence-corrected chi connectivity index (χ0v) is 10.9. The molecule has 0 aromatic rings. The molecule has 0 heterocycles. The third-order valence-corrected chi connectivity index (χ3v) is 3.97. The quantitative estimate of drug-likeness (QED) is 0.636. The van der Waals surface area contributed by atoms with E-state index in [0.29, 0.717) is 5.92 Å². The molecule has 2 atom stereocenters. The van der Waals surface area contributed by atoms with Gasteiger partial charge in [-0.2, -0.15) is 0 Å². The predicted molar refractivity (Wildman–Crippen MR) is 63.2 cm³/mol. The smallest absolute Gasteiger partial charge is 0.114 e. The Hall–Kier alpha value is -0.110. The van der Waals surface area contributed by atoms with Gasteiger partial charge in [-0.15, -0.1) is 0 Å². The van der Waals surface area contributed by atoms with Gasteiger partial charge in [0.15, 0.2) is 0 Å². The van der Waals surface area contributed by atoms with E-state index in [1.165, 1.54) is 5.57 Å². The van der Waals surface area contributed by atoms with Gasteiger partial charge in [0.2, 0.25) is 0 Å². The van der Waals surface area contributed by atoms with Crippen LogP contribution in [0.2, 0.25) is 0 Å². The Morgan fingerprint density at radius 3 is 2.57 bits per heavy atom. The highest BCUT2D eigenvalue weighted by Gasteiger charge is 2.27. The fraction of sp³-hybridized carbons (Fsp3) is 0.667. The highest BCUT2D eigenvalue weighted by molar-refractivity contribution is 9.09. The van der Waals surface area contributed by atoms with Gasteiger partial charge in [-0.05, 0) is 36.8 Å². The summed E-state index contributed by atoms with van der Waals surface area (Å²) in [6.07, 6.45) is 2.73. The van der Waals surface area contributed by atoms with Crippen molar-refractivity contribution in [2.24, 2.45) is 11.8 Å². The summed E-state index contributed by atoms with van der Waals surface area (Å²) in [6.45, 7) is 8.50. The molecule has 1 aliphatic carbocycles. The lowest BCUT2D eigenvalue weighted by atomic mass is 9.83. The lowest BCUT2D eigenvalue weighted by molar-refractivity contribution is 0.500. The monoisotopic (exact) mass is 260 g/mol. The van der Waals surface area contributed by atoms with Crippen molar-refractivity contribution in [3.05, 3.63) is 23.0 Å². The van der Waals surface area contributed by atoms with Crippen LogP contribution < -0.4 is 0 Å². The average molecular weight is 261 g/mol. The van der Waals surface area contributed by atoms with Crippen LogP contribution in [0, 0.1) is 11.8 Å². The number of hydrogen-bond donors (Lipinski definition) is 0. The van der Waals surface area contributed by atoms with Crippen molar-refractivity contribution in [2.75, 3.05) is 0 Å². The minimum absolute atomic E-state index is 0.0393. The molecular weight excluding hydrogens is 243 g/mol. The highest BCUT2D eigenvalue weighted by Crippen LogP contribution is 2.37. The Morgan fingerprint density at radius 2 is 2.07 bits per heavy atom. The van der Waals surface area contributed by atoms with E-state index < -0.39 is 0 Å². The fourth-order valence-corrected chi connectivity index (χ4v) is 2.39. The second-order valence-corrected chi connectivity index (χ2v) is 5.51. The number of rotatable bonds is 2. The summed E-state index contributed by atoms with van der Waals surface area (Å²) in [6, 6.07) is 0. The minimum atomic E-state index is -0.125. The molecule has 80 valence electrons. The maximum absolute atomic E-state index is 13.4. The van der Waals surface area contributed by atoms with Crippen LogP contribution in [-0.2, 0) is 0 Å². The Balaban J connectivity index is 2.94. The van der Waals surface area contributed by atoms with Gasteiger partial charge in [-0.3, -0.25) is 0 Å². The van der Waals surface area contributed by atoms with Gasteiger partial charge < -0.3 is 0 Å². The first-order chi connectivity index (χ1) is 6.43. The van der Waals surface area contributed by atoms with E-state index in [9.17, 15) is 4.39 Å². The highest BCUT2D eigenvalue weighted by atomic mass is 79.9. The van der Waals surface area contributed by atoms with E-state index in [-0.39, 0.29) is 16.6 Å². The molecule has 0 bridgehead atoms. The van der Waals surface area contributed by atoms with Crippen LogP contribution >= 0.6 is 15.9 Å². The Bertz CT molecular complexity index is 276. The fourth-order valence-electron chi connectivity index (χ4n) is 1.94. The molecule has 1 aliphatic rings. The van der Waals surface area contributed by atoms with Crippen LogP contribution in [0.3, 0.4) is 0 Å². The summed E-state index contributed by atoms with van der Waals surface area (Å²) < 4.78 is 13.4. The zero-order chi connectivity index (χ0) is 10.9. The Morgan fingerprint density at radius 1 is 1.50 bits per heavy atom. The molecule has 1 rings (SSSR count). The Kier molecular flexibility index (Phi) is 3.94. The first-order valence-electron chi connectivity index (χ1n) is 5.14. The summed E-state index contributed by atoms with van der Waals surface area (Å²) >= 11 is 3.40. The van der Waals surface area contributed by atoms with Gasteiger partial charge in [0.05, 0.1) is 4.83 Å². The van der Waals surface area contributed by atoms with Crippen LogP contribution in [0.4, 0.5) is 4.39 Å². The molecule has 0 aliphatic heterocycles. The molecule has 0 saturated carbocycles. The third-order valence-electron chi connectivity index (χ3n) is 2.74. The van der Waals surface area contributed by atoms with Gasteiger partial charge >= 0.3 is 0 Å². The van der Waals surface area contributed by atoms with Crippen molar-refractivity contribution >= 4 is 15.9 Å². The van der Waals surface area contributed by atoms with Crippen molar-refractivity contribution in [1.82, 2.24) is 0 Å². The summed E-state index contributed by atoms with van der Waals surface area (Å²) in [7, 11) is 0. The van der Waals surface area contributed by atoms with Gasteiger partial charge in [0.25, 0.3) is 0 Å². The van der Waals surface area contributed by atoms with E-state index >= 15 is 0 Å². The van der Waals surface area contributed by atoms with Gasteiger partial charge in [0, 0.05) is 0 Å². The average Bonchev–Trinajstić information content (AvgIpc) is 2.09. The third kappa shape index (κ3) is 2.47. The van der Waals surface area contributed by atoms with Gasteiger partial charge in [0.1, 0.15) is 5.83 Å². The summed E-state index contributed by atoms with van der Waals surface area (Å²) in [5.74, 6) is 0.876. The van der Waals surface area contributed by atoms with E-state index in [1.807, 2.05) is 6.92 Å². The van der Waals surface area contributed by atoms with Gasteiger partial charge in [-0.1, -0.05) is 42.3 Å². The van der Waals surface area contributed by atoms with Crippen LogP contribution in [0.5, 0.6) is 0 Å².